The summed E-state index contributed by atoms with van der Waals surface area (Å²) in [6.45, 7) is 2.01. The van der Waals surface area contributed by atoms with Crippen LogP contribution in [0.2, 0.25) is 0 Å². The normalized spacial score (nSPS) is 13.0. The zero-order valence-corrected chi connectivity index (χ0v) is 14.4. The molecule has 0 aliphatic heterocycles. The number of para-hydroxylation sites is 1. The molecule has 3 aromatic rings. The van der Waals surface area contributed by atoms with E-state index in [4.69, 9.17) is 4.52 Å². The van der Waals surface area contributed by atoms with E-state index in [0.29, 0.717) is 16.4 Å². The number of aryl methyl sites for hydroxylation is 1. The van der Waals surface area contributed by atoms with Gasteiger partial charge in [-0.3, -0.25) is 0 Å². The van der Waals surface area contributed by atoms with E-state index < -0.39 is 7.28 Å². The van der Waals surface area contributed by atoms with Gasteiger partial charge < -0.3 is 0 Å². The first kappa shape index (κ1) is 16.7. The predicted molar refractivity (Wildman–Crippen MR) is 100.0 cm³/mol. The molecule has 0 atom stereocenters. The molecule has 24 heavy (non-hydrogen) atoms. The Bertz CT molecular complexity index is 773. The van der Waals surface area contributed by atoms with Crippen LogP contribution in [0.15, 0.2) is 84.9 Å². The zero-order valence-electron chi connectivity index (χ0n) is 13.5. The molecule has 0 aromatic heterocycles. The summed E-state index contributed by atoms with van der Waals surface area (Å²) in [6, 6.07) is 25.0. The first-order chi connectivity index (χ1) is 11.5. The van der Waals surface area contributed by atoms with Crippen LogP contribution in [0.4, 0.5) is 0 Å². The molecule has 0 bridgehead atoms. The molecular weight excluding hydrogens is 319 g/mol. The van der Waals surface area contributed by atoms with Gasteiger partial charge in [-0.1, -0.05) is 0 Å². The van der Waals surface area contributed by atoms with Crippen LogP contribution in [0.1, 0.15) is 12.5 Å². The molecule has 4 heteroatoms. The fourth-order valence-corrected chi connectivity index (χ4v) is 5.20. The molecule has 0 heterocycles. The molecule has 0 aliphatic carbocycles. The quantitative estimate of drug-likeness (QED) is 0.698. The van der Waals surface area contributed by atoms with Gasteiger partial charge in [-0.05, 0) is 0 Å². The molecule has 0 amide bonds. The van der Waals surface area contributed by atoms with Crippen molar-refractivity contribution in [2.45, 2.75) is 13.3 Å². The minimum absolute atomic E-state index is 0.376. The molecule has 0 fully saturated rings. The van der Waals surface area contributed by atoms with Crippen molar-refractivity contribution in [3.8, 4) is 5.75 Å². The maximum atomic E-state index is 11.6. The second kappa shape index (κ2) is 6.37. The zero-order chi connectivity index (χ0) is 17.1. The van der Waals surface area contributed by atoms with Gasteiger partial charge in [0, 0.05) is 0 Å². The van der Waals surface area contributed by atoms with E-state index in [1.165, 1.54) is 0 Å². The van der Waals surface area contributed by atoms with Gasteiger partial charge in [0.05, 0.1) is 0 Å². The molecule has 124 valence electrons. The van der Waals surface area contributed by atoms with Crippen molar-refractivity contribution in [2.75, 3.05) is 0 Å². The molecular formula is C20H21O3P. The van der Waals surface area contributed by atoms with Gasteiger partial charge in [-0.25, -0.2) is 0 Å². The van der Waals surface area contributed by atoms with Crippen LogP contribution in [0.5, 0.6) is 5.75 Å². The summed E-state index contributed by atoms with van der Waals surface area (Å²) in [5.74, 6) is 0.496. The van der Waals surface area contributed by atoms with Crippen molar-refractivity contribution in [1.82, 2.24) is 0 Å². The number of benzene rings is 3. The third-order valence-corrected chi connectivity index (χ3v) is 7.07. The van der Waals surface area contributed by atoms with E-state index in [1.807, 2.05) is 37.3 Å². The third-order valence-electron chi connectivity index (χ3n) is 4.07. The van der Waals surface area contributed by atoms with E-state index in [2.05, 4.69) is 0 Å². The molecule has 0 unspecified atom stereocenters. The van der Waals surface area contributed by atoms with E-state index in [-0.39, 0.29) is 0 Å². The Morgan fingerprint density at radius 2 is 1.17 bits per heavy atom. The average molecular weight is 340 g/mol. The summed E-state index contributed by atoms with van der Waals surface area (Å²) >= 11 is 0. The third kappa shape index (κ3) is 2.94. The Morgan fingerprint density at radius 1 is 0.708 bits per heavy atom. The Balaban J connectivity index is 2.20. The van der Waals surface area contributed by atoms with E-state index in [9.17, 15) is 9.79 Å². The Hall–Kier alpha value is -2.19. The van der Waals surface area contributed by atoms with E-state index >= 15 is 0 Å². The van der Waals surface area contributed by atoms with Gasteiger partial charge in [0.15, 0.2) is 0 Å². The van der Waals surface area contributed by atoms with Crippen molar-refractivity contribution >= 4 is 17.9 Å². The Kier molecular flexibility index (Phi) is 4.42. The van der Waals surface area contributed by atoms with Crippen LogP contribution in [0, 0.1) is 0 Å². The summed E-state index contributed by atoms with van der Waals surface area (Å²) < 4.78 is 6.03. The standard InChI is InChI=1S/C20H21O3P/c1-2-17-11-9-10-16-20(17)23-24(21,22,18-12-5-3-6-13-18)19-14-7-4-8-15-19/h3-16,21-22H,2H2,1H3. The molecule has 2 N–H and O–H groups in total. The van der Waals surface area contributed by atoms with Crippen molar-refractivity contribution in [3.05, 3.63) is 90.5 Å². The summed E-state index contributed by atoms with van der Waals surface area (Å²) in [4.78, 5) is 23.1. The van der Waals surface area contributed by atoms with Crippen LogP contribution in [0.25, 0.3) is 0 Å². The van der Waals surface area contributed by atoms with Gasteiger partial charge >= 0.3 is 142 Å². The predicted octanol–water partition coefficient (Wildman–Crippen LogP) is 3.56. The maximum absolute atomic E-state index is 11.6. The molecule has 0 aliphatic rings. The number of hydrogen-bond acceptors (Lipinski definition) is 3. The molecule has 0 radical (unpaired) electrons. The summed E-state index contributed by atoms with van der Waals surface area (Å²) in [6.07, 6.45) is 0.742. The van der Waals surface area contributed by atoms with Crippen molar-refractivity contribution in [1.29, 1.82) is 0 Å². The van der Waals surface area contributed by atoms with Gasteiger partial charge in [0.25, 0.3) is 0 Å². The Morgan fingerprint density at radius 3 is 1.67 bits per heavy atom. The van der Waals surface area contributed by atoms with Crippen molar-refractivity contribution < 1.29 is 14.3 Å². The second-order valence-electron chi connectivity index (χ2n) is 5.67. The first-order valence-corrected chi connectivity index (χ1v) is 10.0. The fourth-order valence-electron chi connectivity index (χ4n) is 2.72. The minimum atomic E-state index is -4.79. The number of rotatable bonds is 5. The topological polar surface area (TPSA) is 49.7 Å². The van der Waals surface area contributed by atoms with Gasteiger partial charge in [-0.15, -0.1) is 0 Å². The monoisotopic (exact) mass is 340 g/mol. The van der Waals surface area contributed by atoms with Gasteiger partial charge in [0.1, 0.15) is 0 Å². The van der Waals surface area contributed by atoms with Crippen LogP contribution >= 0.6 is 7.28 Å². The van der Waals surface area contributed by atoms with Crippen LogP contribution in [-0.2, 0) is 6.42 Å². The molecule has 0 saturated carbocycles. The van der Waals surface area contributed by atoms with Crippen LogP contribution < -0.4 is 15.1 Å². The van der Waals surface area contributed by atoms with Gasteiger partial charge in [0.2, 0.25) is 0 Å². The second-order valence-corrected chi connectivity index (χ2v) is 8.78. The Labute approximate surface area is 142 Å². The number of hydrogen-bond donors (Lipinski definition) is 2. The van der Waals surface area contributed by atoms with Crippen molar-refractivity contribution in [2.24, 2.45) is 0 Å². The average Bonchev–Trinajstić information content (AvgIpc) is 2.64. The van der Waals surface area contributed by atoms with Gasteiger partial charge in [-0.2, -0.15) is 0 Å². The first-order valence-electron chi connectivity index (χ1n) is 7.94. The molecule has 3 rings (SSSR count). The summed E-state index contributed by atoms with van der Waals surface area (Å²) in [7, 11) is -4.79. The molecule has 0 spiro atoms. The molecule has 3 aromatic carbocycles. The summed E-state index contributed by atoms with van der Waals surface area (Å²) in [5.41, 5.74) is 0.932. The van der Waals surface area contributed by atoms with Crippen LogP contribution in [-0.4, -0.2) is 9.79 Å². The molecule has 3 nitrogen and oxygen atoms in total. The molecule has 0 saturated heterocycles. The van der Waals surface area contributed by atoms with Crippen molar-refractivity contribution in [3.63, 3.8) is 0 Å². The summed E-state index contributed by atoms with van der Waals surface area (Å²) in [5, 5.41) is 0.751. The van der Waals surface area contributed by atoms with Crippen LogP contribution in [0.3, 0.4) is 0 Å². The van der Waals surface area contributed by atoms with E-state index in [0.717, 1.165) is 12.0 Å². The van der Waals surface area contributed by atoms with E-state index in [1.54, 1.807) is 54.6 Å². The fraction of sp³-hybridized carbons (Fsp3) is 0.100. The SMILES string of the molecule is CCc1ccccc1OP(O)(O)(c1ccccc1)c1ccccc1.